The number of amides is 2. The number of allylic oxidation sites excluding steroid dienone is 1. The maximum atomic E-state index is 14.2. The van der Waals surface area contributed by atoms with Gasteiger partial charge in [-0.05, 0) is 43.0 Å². The summed E-state index contributed by atoms with van der Waals surface area (Å²) in [6.45, 7) is 3.58. The molecule has 25 heavy (non-hydrogen) atoms. The lowest BCUT2D eigenvalue weighted by Gasteiger charge is -2.28. The number of rotatable bonds is 4. The Labute approximate surface area is 148 Å². The second kappa shape index (κ2) is 7.06. The van der Waals surface area contributed by atoms with Gasteiger partial charge in [-0.25, -0.2) is 14.0 Å². The van der Waals surface area contributed by atoms with E-state index in [1.165, 1.54) is 17.4 Å². The first-order valence-corrected chi connectivity index (χ1v) is 8.68. The quantitative estimate of drug-likeness (QED) is 0.816. The van der Waals surface area contributed by atoms with Crippen LogP contribution in [-0.4, -0.2) is 18.6 Å². The van der Waals surface area contributed by atoms with Gasteiger partial charge >= 0.3 is 12.0 Å². The SMILES string of the molecule is CCOC(=O)C1=C(C)NC(=O)NC1c1ccc(F)c(-c2cccs2)c1. The first-order chi connectivity index (χ1) is 12.0. The van der Waals surface area contributed by atoms with E-state index >= 15 is 0 Å². The van der Waals surface area contributed by atoms with E-state index in [0.717, 1.165) is 4.88 Å². The molecular formula is C18H17FN2O3S. The summed E-state index contributed by atoms with van der Waals surface area (Å²) < 4.78 is 19.3. The van der Waals surface area contributed by atoms with Crippen LogP contribution in [0.2, 0.25) is 0 Å². The Morgan fingerprint density at radius 2 is 2.16 bits per heavy atom. The summed E-state index contributed by atoms with van der Waals surface area (Å²) in [5, 5.41) is 7.16. The van der Waals surface area contributed by atoms with Gasteiger partial charge in [-0.15, -0.1) is 11.3 Å². The topological polar surface area (TPSA) is 67.4 Å². The Morgan fingerprint density at radius 1 is 1.36 bits per heavy atom. The maximum absolute atomic E-state index is 14.2. The summed E-state index contributed by atoms with van der Waals surface area (Å²) in [6, 6.07) is 7.11. The van der Waals surface area contributed by atoms with Gasteiger partial charge in [-0.2, -0.15) is 0 Å². The molecule has 2 amide bonds. The fourth-order valence-electron chi connectivity index (χ4n) is 2.77. The van der Waals surface area contributed by atoms with Gasteiger partial charge in [0.15, 0.2) is 0 Å². The van der Waals surface area contributed by atoms with Crippen LogP contribution in [0.4, 0.5) is 9.18 Å². The molecule has 2 heterocycles. The van der Waals surface area contributed by atoms with Crippen molar-refractivity contribution in [2.45, 2.75) is 19.9 Å². The molecule has 0 fully saturated rings. The van der Waals surface area contributed by atoms with Crippen LogP contribution in [0.1, 0.15) is 25.5 Å². The first-order valence-electron chi connectivity index (χ1n) is 7.80. The number of hydrogen-bond acceptors (Lipinski definition) is 4. The van der Waals surface area contributed by atoms with Crippen molar-refractivity contribution < 1.29 is 18.7 Å². The minimum Gasteiger partial charge on any atom is -0.463 e. The predicted octanol–water partition coefficient (Wildman–Crippen LogP) is 3.75. The zero-order chi connectivity index (χ0) is 18.0. The highest BCUT2D eigenvalue weighted by Gasteiger charge is 2.32. The molecule has 7 heteroatoms. The molecule has 0 spiro atoms. The van der Waals surface area contributed by atoms with Gasteiger partial charge < -0.3 is 15.4 Å². The van der Waals surface area contributed by atoms with Crippen molar-refractivity contribution in [3.63, 3.8) is 0 Å². The Hall–Kier alpha value is -2.67. The average Bonchev–Trinajstić information content (AvgIpc) is 3.09. The summed E-state index contributed by atoms with van der Waals surface area (Å²) >= 11 is 1.42. The maximum Gasteiger partial charge on any atom is 0.338 e. The van der Waals surface area contributed by atoms with E-state index in [1.807, 2.05) is 17.5 Å². The lowest BCUT2D eigenvalue weighted by atomic mass is 9.94. The van der Waals surface area contributed by atoms with Gasteiger partial charge in [-0.1, -0.05) is 12.1 Å². The Kier molecular flexibility index (Phi) is 4.85. The standard InChI is InChI=1S/C18H17FN2O3S/c1-3-24-17(22)15-10(2)20-18(23)21-16(15)11-6-7-13(19)12(9-11)14-5-4-8-25-14/h4-9,16H,3H2,1-2H3,(H2,20,21,23). The highest BCUT2D eigenvalue weighted by atomic mass is 32.1. The number of esters is 1. The monoisotopic (exact) mass is 360 g/mol. The van der Waals surface area contributed by atoms with Gasteiger partial charge in [0.2, 0.25) is 0 Å². The Bertz CT molecular complexity index is 846. The third kappa shape index (κ3) is 3.41. The molecule has 1 aromatic heterocycles. The van der Waals surface area contributed by atoms with E-state index in [-0.39, 0.29) is 12.4 Å². The third-order valence-corrected chi connectivity index (χ3v) is 4.78. The summed E-state index contributed by atoms with van der Waals surface area (Å²) in [4.78, 5) is 25.0. The smallest absolute Gasteiger partial charge is 0.338 e. The number of halogens is 1. The van der Waals surface area contributed by atoms with Crippen molar-refractivity contribution in [2.75, 3.05) is 6.61 Å². The summed E-state index contributed by atoms with van der Waals surface area (Å²) in [6.07, 6.45) is 0. The molecule has 1 aliphatic heterocycles. The molecular weight excluding hydrogens is 343 g/mol. The van der Waals surface area contributed by atoms with Crippen LogP contribution in [0, 0.1) is 5.82 Å². The van der Waals surface area contributed by atoms with E-state index < -0.39 is 18.0 Å². The van der Waals surface area contributed by atoms with E-state index in [1.54, 1.807) is 26.0 Å². The molecule has 5 nitrogen and oxygen atoms in total. The number of hydrogen-bond donors (Lipinski definition) is 2. The molecule has 0 aliphatic carbocycles. The Balaban J connectivity index is 2.07. The van der Waals surface area contributed by atoms with Crippen LogP contribution in [0.5, 0.6) is 0 Å². The molecule has 2 N–H and O–H groups in total. The van der Waals surface area contributed by atoms with Crippen LogP contribution in [0.3, 0.4) is 0 Å². The van der Waals surface area contributed by atoms with Gasteiger partial charge in [0, 0.05) is 16.1 Å². The molecule has 0 saturated heterocycles. The van der Waals surface area contributed by atoms with Crippen LogP contribution < -0.4 is 10.6 Å². The van der Waals surface area contributed by atoms with Gasteiger partial charge in [-0.3, -0.25) is 0 Å². The van der Waals surface area contributed by atoms with Crippen molar-refractivity contribution in [1.82, 2.24) is 10.6 Å². The van der Waals surface area contributed by atoms with Crippen molar-refractivity contribution >= 4 is 23.3 Å². The molecule has 1 atom stereocenters. The second-order valence-electron chi connectivity index (χ2n) is 5.51. The zero-order valence-corrected chi connectivity index (χ0v) is 14.6. The van der Waals surface area contributed by atoms with Crippen molar-refractivity contribution in [2.24, 2.45) is 0 Å². The summed E-state index contributed by atoms with van der Waals surface area (Å²) in [5.74, 6) is -0.871. The minimum absolute atomic E-state index is 0.222. The van der Waals surface area contributed by atoms with E-state index in [4.69, 9.17) is 4.74 Å². The number of urea groups is 1. The van der Waals surface area contributed by atoms with Crippen LogP contribution >= 0.6 is 11.3 Å². The fourth-order valence-corrected chi connectivity index (χ4v) is 3.51. The number of carbonyl (C=O) groups excluding carboxylic acids is 2. The average molecular weight is 360 g/mol. The lowest BCUT2D eigenvalue weighted by Crippen LogP contribution is -2.45. The number of carbonyl (C=O) groups is 2. The highest BCUT2D eigenvalue weighted by Crippen LogP contribution is 2.33. The normalized spacial score (nSPS) is 17.1. The number of benzene rings is 1. The molecule has 1 aliphatic rings. The molecule has 1 unspecified atom stereocenters. The minimum atomic E-state index is -0.702. The Morgan fingerprint density at radius 3 is 2.84 bits per heavy atom. The first kappa shape index (κ1) is 17.2. The largest absolute Gasteiger partial charge is 0.463 e. The van der Waals surface area contributed by atoms with Crippen LogP contribution in [0.15, 0.2) is 47.0 Å². The fraction of sp³-hybridized carbons (Fsp3) is 0.222. The van der Waals surface area contributed by atoms with Crippen molar-refractivity contribution in [1.29, 1.82) is 0 Å². The molecule has 2 aromatic rings. The molecule has 0 radical (unpaired) electrons. The number of ether oxygens (including phenoxy) is 1. The predicted molar refractivity (Wildman–Crippen MR) is 93.5 cm³/mol. The summed E-state index contributed by atoms with van der Waals surface area (Å²) in [5.41, 5.74) is 1.78. The second-order valence-corrected chi connectivity index (χ2v) is 6.45. The van der Waals surface area contributed by atoms with Crippen LogP contribution in [0.25, 0.3) is 10.4 Å². The van der Waals surface area contributed by atoms with E-state index in [9.17, 15) is 14.0 Å². The van der Waals surface area contributed by atoms with E-state index in [0.29, 0.717) is 22.4 Å². The molecule has 3 rings (SSSR count). The molecule has 1 aromatic carbocycles. The van der Waals surface area contributed by atoms with Crippen molar-refractivity contribution in [3.05, 3.63) is 58.4 Å². The number of thiophene rings is 1. The molecule has 0 saturated carbocycles. The third-order valence-electron chi connectivity index (χ3n) is 3.87. The number of nitrogens with one attached hydrogen (secondary N) is 2. The van der Waals surface area contributed by atoms with Gasteiger partial charge in [0.1, 0.15) is 5.82 Å². The lowest BCUT2D eigenvalue weighted by molar-refractivity contribution is -0.139. The molecule has 0 bridgehead atoms. The summed E-state index contributed by atoms with van der Waals surface area (Å²) in [7, 11) is 0. The van der Waals surface area contributed by atoms with Crippen LogP contribution in [-0.2, 0) is 9.53 Å². The highest BCUT2D eigenvalue weighted by molar-refractivity contribution is 7.13. The van der Waals surface area contributed by atoms with Crippen molar-refractivity contribution in [3.8, 4) is 10.4 Å². The van der Waals surface area contributed by atoms with Gasteiger partial charge in [0.05, 0.1) is 18.2 Å². The zero-order valence-electron chi connectivity index (χ0n) is 13.8. The van der Waals surface area contributed by atoms with Gasteiger partial charge in [0.25, 0.3) is 0 Å². The van der Waals surface area contributed by atoms with E-state index in [2.05, 4.69) is 10.6 Å². The molecule has 130 valence electrons.